The van der Waals surface area contributed by atoms with Gasteiger partial charge in [-0.2, -0.15) is 0 Å². The van der Waals surface area contributed by atoms with Crippen molar-refractivity contribution in [2.75, 3.05) is 26.9 Å². The van der Waals surface area contributed by atoms with Crippen LogP contribution in [-0.4, -0.2) is 26.9 Å². The lowest BCUT2D eigenvalue weighted by Gasteiger charge is -2.21. The molecular formula is C18H20FNO3. The van der Waals surface area contributed by atoms with Gasteiger partial charge in [0.1, 0.15) is 19.0 Å². The third-order valence-corrected chi connectivity index (χ3v) is 3.70. The average molecular weight is 317 g/mol. The first kappa shape index (κ1) is 15.6. The van der Waals surface area contributed by atoms with Crippen molar-refractivity contribution < 1.29 is 18.6 Å². The number of rotatable bonds is 6. The highest BCUT2D eigenvalue weighted by molar-refractivity contribution is 5.54. The van der Waals surface area contributed by atoms with Crippen LogP contribution in [0.25, 0.3) is 0 Å². The number of ether oxygens (including phenoxy) is 3. The van der Waals surface area contributed by atoms with E-state index in [0.717, 1.165) is 29.8 Å². The normalized spacial score (nSPS) is 13.0. The van der Waals surface area contributed by atoms with Crippen LogP contribution < -0.4 is 19.5 Å². The van der Waals surface area contributed by atoms with Gasteiger partial charge in [-0.1, -0.05) is 12.1 Å². The molecule has 0 saturated heterocycles. The predicted molar refractivity (Wildman–Crippen MR) is 85.8 cm³/mol. The minimum absolute atomic E-state index is 0.195. The molecule has 0 radical (unpaired) electrons. The second kappa shape index (κ2) is 7.33. The van der Waals surface area contributed by atoms with Crippen LogP contribution in [-0.2, 0) is 13.0 Å². The van der Waals surface area contributed by atoms with E-state index in [1.807, 2.05) is 18.2 Å². The Balaban J connectivity index is 1.58. The highest BCUT2D eigenvalue weighted by Crippen LogP contribution is 2.40. The van der Waals surface area contributed by atoms with Crippen LogP contribution in [0.3, 0.4) is 0 Å². The van der Waals surface area contributed by atoms with Crippen molar-refractivity contribution in [3.8, 4) is 17.2 Å². The van der Waals surface area contributed by atoms with Crippen molar-refractivity contribution in [3.05, 3.63) is 53.3 Å². The maximum absolute atomic E-state index is 13.1. The standard InChI is InChI=1S/C18H20FNO3/c1-21-16-10-14(11-17-18(16)23-8-7-22-17)12-20-6-5-13-3-2-4-15(19)9-13/h2-4,9-11,20H,5-8,12H2,1H3. The van der Waals surface area contributed by atoms with Crippen LogP contribution in [0, 0.1) is 5.82 Å². The Morgan fingerprint density at radius 2 is 2.00 bits per heavy atom. The Hall–Kier alpha value is -2.27. The van der Waals surface area contributed by atoms with Gasteiger partial charge in [0.25, 0.3) is 0 Å². The van der Waals surface area contributed by atoms with Crippen LogP contribution in [0.5, 0.6) is 17.2 Å². The molecule has 0 saturated carbocycles. The van der Waals surface area contributed by atoms with Crippen LogP contribution in [0.1, 0.15) is 11.1 Å². The first-order chi connectivity index (χ1) is 11.3. The van der Waals surface area contributed by atoms with E-state index in [9.17, 15) is 4.39 Å². The fourth-order valence-electron chi connectivity index (χ4n) is 2.59. The summed E-state index contributed by atoms with van der Waals surface area (Å²) in [5.74, 6) is 1.88. The molecule has 2 aromatic carbocycles. The molecule has 1 N–H and O–H groups in total. The van der Waals surface area contributed by atoms with Gasteiger partial charge in [0, 0.05) is 6.54 Å². The molecule has 1 aliphatic rings. The van der Waals surface area contributed by atoms with E-state index in [2.05, 4.69) is 5.32 Å². The lowest BCUT2D eigenvalue weighted by molar-refractivity contribution is 0.165. The van der Waals surface area contributed by atoms with Crippen molar-refractivity contribution in [1.29, 1.82) is 0 Å². The molecular weight excluding hydrogens is 297 g/mol. The maximum Gasteiger partial charge on any atom is 0.203 e. The number of methoxy groups -OCH3 is 1. The van der Waals surface area contributed by atoms with E-state index in [1.54, 1.807) is 19.2 Å². The molecule has 122 valence electrons. The van der Waals surface area contributed by atoms with Crippen LogP contribution in [0.2, 0.25) is 0 Å². The zero-order chi connectivity index (χ0) is 16.1. The van der Waals surface area contributed by atoms with Crippen molar-refractivity contribution in [3.63, 3.8) is 0 Å². The quantitative estimate of drug-likeness (QED) is 0.832. The Morgan fingerprint density at radius 3 is 2.83 bits per heavy atom. The van der Waals surface area contributed by atoms with E-state index in [4.69, 9.17) is 14.2 Å². The molecule has 3 rings (SSSR count). The Labute approximate surface area is 135 Å². The minimum atomic E-state index is -0.195. The van der Waals surface area contributed by atoms with Crippen molar-refractivity contribution in [2.24, 2.45) is 0 Å². The van der Waals surface area contributed by atoms with Gasteiger partial charge in [-0.25, -0.2) is 4.39 Å². The molecule has 0 fully saturated rings. The second-order valence-electron chi connectivity index (χ2n) is 5.38. The molecule has 1 aliphatic heterocycles. The van der Waals surface area contributed by atoms with E-state index in [0.29, 0.717) is 31.3 Å². The summed E-state index contributed by atoms with van der Waals surface area (Å²) >= 11 is 0. The van der Waals surface area contributed by atoms with E-state index < -0.39 is 0 Å². The van der Waals surface area contributed by atoms with Gasteiger partial charge >= 0.3 is 0 Å². The summed E-state index contributed by atoms with van der Waals surface area (Å²) in [6.07, 6.45) is 0.777. The molecule has 4 nitrogen and oxygen atoms in total. The summed E-state index contributed by atoms with van der Waals surface area (Å²) in [5, 5.41) is 3.35. The molecule has 0 bridgehead atoms. The van der Waals surface area contributed by atoms with Crippen LogP contribution >= 0.6 is 0 Å². The van der Waals surface area contributed by atoms with Gasteiger partial charge in [-0.3, -0.25) is 0 Å². The fraction of sp³-hybridized carbons (Fsp3) is 0.333. The lowest BCUT2D eigenvalue weighted by atomic mass is 10.1. The minimum Gasteiger partial charge on any atom is -0.493 e. The monoisotopic (exact) mass is 317 g/mol. The summed E-state index contributed by atoms with van der Waals surface area (Å²) < 4.78 is 29.7. The first-order valence-electron chi connectivity index (χ1n) is 7.68. The van der Waals surface area contributed by atoms with E-state index in [-0.39, 0.29) is 5.82 Å². The number of fused-ring (bicyclic) bond motifs is 1. The first-order valence-corrected chi connectivity index (χ1v) is 7.68. The molecule has 23 heavy (non-hydrogen) atoms. The highest BCUT2D eigenvalue weighted by atomic mass is 19.1. The molecule has 0 aromatic heterocycles. The molecule has 0 amide bonds. The Morgan fingerprint density at radius 1 is 1.13 bits per heavy atom. The molecule has 2 aromatic rings. The largest absolute Gasteiger partial charge is 0.493 e. The maximum atomic E-state index is 13.1. The summed E-state index contributed by atoms with van der Waals surface area (Å²) in [5.41, 5.74) is 2.04. The zero-order valence-electron chi connectivity index (χ0n) is 13.1. The summed E-state index contributed by atoms with van der Waals surface area (Å²) in [6.45, 7) is 2.53. The number of hydrogen-bond acceptors (Lipinski definition) is 4. The molecule has 0 atom stereocenters. The van der Waals surface area contributed by atoms with Crippen LogP contribution in [0.4, 0.5) is 4.39 Å². The highest BCUT2D eigenvalue weighted by Gasteiger charge is 2.18. The predicted octanol–water partition coefficient (Wildman–Crippen LogP) is 2.94. The van der Waals surface area contributed by atoms with Gasteiger partial charge < -0.3 is 19.5 Å². The van der Waals surface area contributed by atoms with Gasteiger partial charge in [-0.15, -0.1) is 0 Å². The third-order valence-electron chi connectivity index (χ3n) is 3.70. The van der Waals surface area contributed by atoms with Gasteiger partial charge in [0.2, 0.25) is 5.75 Å². The SMILES string of the molecule is COc1cc(CNCCc2cccc(F)c2)cc2c1OCCO2. The third kappa shape index (κ3) is 3.93. The summed E-state index contributed by atoms with van der Waals surface area (Å²) in [7, 11) is 1.62. The summed E-state index contributed by atoms with van der Waals surface area (Å²) in [6, 6.07) is 10.6. The second-order valence-corrected chi connectivity index (χ2v) is 5.38. The fourth-order valence-corrected chi connectivity index (χ4v) is 2.59. The molecule has 1 heterocycles. The van der Waals surface area contributed by atoms with Gasteiger partial charge in [-0.05, 0) is 48.4 Å². The Kier molecular flexibility index (Phi) is 4.98. The van der Waals surface area contributed by atoms with Gasteiger partial charge in [0.15, 0.2) is 11.5 Å². The molecule has 0 aliphatic carbocycles. The summed E-state index contributed by atoms with van der Waals surface area (Å²) in [4.78, 5) is 0. The number of benzene rings is 2. The molecule has 0 unspecified atom stereocenters. The van der Waals surface area contributed by atoms with E-state index >= 15 is 0 Å². The lowest BCUT2D eigenvalue weighted by Crippen LogP contribution is -2.19. The average Bonchev–Trinajstić information content (AvgIpc) is 2.58. The Bertz CT molecular complexity index is 658. The smallest absolute Gasteiger partial charge is 0.203 e. The van der Waals surface area contributed by atoms with Crippen molar-refractivity contribution in [2.45, 2.75) is 13.0 Å². The van der Waals surface area contributed by atoms with Crippen LogP contribution in [0.15, 0.2) is 36.4 Å². The molecule has 5 heteroatoms. The van der Waals surface area contributed by atoms with E-state index in [1.165, 1.54) is 6.07 Å². The number of hydrogen-bond donors (Lipinski definition) is 1. The van der Waals surface area contributed by atoms with Crippen molar-refractivity contribution in [1.82, 2.24) is 5.32 Å². The van der Waals surface area contributed by atoms with Gasteiger partial charge in [0.05, 0.1) is 7.11 Å². The topological polar surface area (TPSA) is 39.7 Å². The van der Waals surface area contributed by atoms with Crippen molar-refractivity contribution >= 4 is 0 Å². The number of nitrogens with one attached hydrogen (secondary N) is 1. The number of halogens is 1. The zero-order valence-corrected chi connectivity index (χ0v) is 13.1. The molecule has 0 spiro atoms.